The molecule has 0 bridgehead atoms. The van der Waals surface area contributed by atoms with E-state index in [2.05, 4.69) is 5.32 Å². The van der Waals surface area contributed by atoms with E-state index in [1.165, 1.54) is 31.2 Å². The quantitative estimate of drug-likeness (QED) is 0.630. The smallest absolute Gasteiger partial charge is 0.305 e. The Balaban J connectivity index is 2.94. The van der Waals surface area contributed by atoms with Crippen LogP contribution in [-0.4, -0.2) is 25.1 Å². The van der Waals surface area contributed by atoms with Crippen LogP contribution in [0.1, 0.15) is 6.92 Å². The SMILES string of the molecule is CC(=O)Nc1ccc(S(=O)(=O)C[N+](=O)[O-])cc1. The van der Waals surface area contributed by atoms with Gasteiger partial charge in [0, 0.05) is 17.5 Å². The van der Waals surface area contributed by atoms with Crippen LogP contribution < -0.4 is 5.32 Å². The lowest BCUT2D eigenvalue weighted by Gasteiger charge is -2.03. The van der Waals surface area contributed by atoms with Gasteiger partial charge in [-0.2, -0.15) is 0 Å². The van der Waals surface area contributed by atoms with Gasteiger partial charge < -0.3 is 5.32 Å². The number of nitrogens with zero attached hydrogens (tertiary/aromatic N) is 1. The highest BCUT2D eigenvalue weighted by atomic mass is 32.2. The van der Waals surface area contributed by atoms with Crippen molar-refractivity contribution in [3.63, 3.8) is 0 Å². The molecule has 17 heavy (non-hydrogen) atoms. The van der Waals surface area contributed by atoms with Crippen molar-refractivity contribution in [2.75, 3.05) is 11.2 Å². The Morgan fingerprint density at radius 1 is 1.35 bits per heavy atom. The summed E-state index contributed by atoms with van der Waals surface area (Å²) in [5.74, 6) is -1.43. The number of anilines is 1. The molecule has 0 aromatic heterocycles. The Kier molecular flexibility index (Phi) is 3.79. The summed E-state index contributed by atoms with van der Waals surface area (Å²) in [6, 6.07) is 5.16. The molecule has 7 nitrogen and oxygen atoms in total. The maximum absolute atomic E-state index is 11.4. The number of amides is 1. The molecule has 0 saturated carbocycles. The third-order valence-corrected chi connectivity index (χ3v) is 3.35. The number of hydrogen-bond donors (Lipinski definition) is 1. The molecule has 1 rings (SSSR count). The zero-order valence-electron chi connectivity index (χ0n) is 8.91. The Bertz CT molecular complexity index is 535. The Morgan fingerprint density at radius 2 is 1.88 bits per heavy atom. The summed E-state index contributed by atoms with van der Waals surface area (Å²) in [5.41, 5.74) is 0.428. The number of carbonyl (C=O) groups excluding carboxylic acids is 1. The van der Waals surface area contributed by atoms with Crippen LogP contribution in [0.3, 0.4) is 0 Å². The number of benzene rings is 1. The topological polar surface area (TPSA) is 106 Å². The zero-order chi connectivity index (χ0) is 13.1. The minimum Gasteiger partial charge on any atom is -0.326 e. The highest BCUT2D eigenvalue weighted by Gasteiger charge is 2.20. The summed E-state index contributed by atoms with van der Waals surface area (Å²) in [6.45, 7) is 1.32. The zero-order valence-corrected chi connectivity index (χ0v) is 9.73. The monoisotopic (exact) mass is 258 g/mol. The first-order valence-electron chi connectivity index (χ1n) is 4.53. The van der Waals surface area contributed by atoms with E-state index in [9.17, 15) is 23.3 Å². The number of rotatable bonds is 4. The third kappa shape index (κ3) is 3.83. The van der Waals surface area contributed by atoms with Crippen LogP contribution in [0.25, 0.3) is 0 Å². The molecular formula is C9H10N2O5S. The van der Waals surface area contributed by atoms with E-state index in [1.807, 2.05) is 0 Å². The molecule has 0 aliphatic carbocycles. The van der Waals surface area contributed by atoms with Crippen molar-refractivity contribution in [2.24, 2.45) is 0 Å². The summed E-state index contributed by atoms with van der Waals surface area (Å²) < 4.78 is 22.9. The lowest BCUT2D eigenvalue weighted by atomic mass is 10.3. The second-order valence-corrected chi connectivity index (χ2v) is 5.24. The predicted octanol–water partition coefficient (Wildman–Crippen LogP) is 0.653. The third-order valence-electron chi connectivity index (χ3n) is 1.81. The fourth-order valence-corrected chi connectivity index (χ4v) is 2.14. The predicted molar refractivity (Wildman–Crippen MR) is 59.8 cm³/mol. The van der Waals surface area contributed by atoms with Crippen molar-refractivity contribution in [1.82, 2.24) is 0 Å². The highest BCUT2D eigenvalue weighted by molar-refractivity contribution is 7.91. The number of carbonyl (C=O) groups is 1. The summed E-state index contributed by atoms with van der Waals surface area (Å²) in [4.78, 5) is 19.8. The van der Waals surface area contributed by atoms with E-state index in [4.69, 9.17) is 0 Å². The number of nitrogens with one attached hydrogen (secondary N) is 1. The Hall–Kier alpha value is -1.96. The summed E-state index contributed by atoms with van der Waals surface area (Å²) >= 11 is 0. The molecule has 0 heterocycles. The molecular weight excluding hydrogens is 248 g/mol. The minimum absolute atomic E-state index is 0.150. The normalized spacial score (nSPS) is 10.9. The van der Waals surface area contributed by atoms with Gasteiger partial charge in [0.25, 0.3) is 0 Å². The first-order valence-corrected chi connectivity index (χ1v) is 6.19. The first-order chi connectivity index (χ1) is 7.81. The number of hydrogen-bond acceptors (Lipinski definition) is 5. The maximum Gasteiger partial charge on any atom is 0.305 e. The van der Waals surface area contributed by atoms with E-state index >= 15 is 0 Å². The van der Waals surface area contributed by atoms with Gasteiger partial charge in [-0.3, -0.25) is 14.9 Å². The van der Waals surface area contributed by atoms with E-state index < -0.39 is 20.6 Å². The maximum atomic E-state index is 11.4. The van der Waals surface area contributed by atoms with E-state index in [0.717, 1.165) is 0 Å². The van der Waals surface area contributed by atoms with Gasteiger partial charge in [0.1, 0.15) is 0 Å². The van der Waals surface area contributed by atoms with Crippen LogP contribution in [0.4, 0.5) is 5.69 Å². The second kappa shape index (κ2) is 4.91. The molecule has 1 aromatic rings. The standard InChI is InChI=1S/C9H10N2O5S/c1-7(12)10-8-2-4-9(5-3-8)17(15,16)6-11(13)14/h2-5H,6H2,1H3,(H,10,12). The summed E-state index contributed by atoms with van der Waals surface area (Å²) in [5, 5.41) is 12.6. The molecule has 0 spiro atoms. The molecule has 92 valence electrons. The molecule has 1 N–H and O–H groups in total. The van der Waals surface area contributed by atoms with E-state index in [1.54, 1.807) is 0 Å². The van der Waals surface area contributed by atoms with Crippen molar-refractivity contribution in [3.05, 3.63) is 34.4 Å². The van der Waals surface area contributed by atoms with Crippen LogP contribution in [0.15, 0.2) is 29.2 Å². The Morgan fingerprint density at radius 3 is 2.29 bits per heavy atom. The molecule has 0 saturated heterocycles. The van der Waals surface area contributed by atoms with Gasteiger partial charge in [0.2, 0.25) is 15.7 Å². The molecule has 0 radical (unpaired) electrons. The van der Waals surface area contributed by atoms with Gasteiger partial charge in [-0.1, -0.05) is 0 Å². The van der Waals surface area contributed by atoms with Crippen molar-refractivity contribution >= 4 is 21.4 Å². The summed E-state index contributed by atoms with van der Waals surface area (Å²) in [6.07, 6.45) is 0. The van der Waals surface area contributed by atoms with Crippen LogP contribution in [0, 0.1) is 10.1 Å². The molecule has 0 aliphatic heterocycles. The van der Waals surface area contributed by atoms with Gasteiger partial charge in [-0.15, -0.1) is 0 Å². The molecule has 0 aliphatic rings. The van der Waals surface area contributed by atoms with Crippen molar-refractivity contribution in [3.8, 4) is 0 Å². The number of nitro groups is 1. The first kappa shape index (κ1) is 13.1. The summed E-state index contributed by atoms with van der Waals surface area (Å²) in [7, 11) is -3.92. The van der Waals surface area contributed by atoms with Crippen LogP contribution >= 0.6 is 0 Å². The molecule has 1 aromatic carbocycles. The van der Waals surface area contributed by atoms with Gasteiger partial charge in [0.05, 0.1) is 4.90 Å². The van der Waals surface area contributed by atoms with Crippen molar-refractivity contribution < 1.29 is 18.1 Å². The average molecular weight is 258 g/mol. The fourth-order valence-electron chi connectivity index (χ4n) is 1.16. The van der Waals surface area contributed by atoms with E-state index in [-0.39, 0.29) is 10.8 Å². The van der Waals surface area contributed by atoms with Gasteiger partial charge in [-0.05, 0) is 24.3 Å². The van der Waals surface area contributed by atoms with Crippen molar-refractivity contribution in [1.29, 1.82) is 0 Å². The van der Waals surface area contributed by atoms with Gasteiger partial charge >= 0.3 is 5.88 Å². The minimum atomic E-state index is -3.92. The van der Waals surface area contributed by atoms with Gasteiger partial charge in [-0.25, -0.2) is 8.42 Å². The average Bonchev–Trinajstić information content (AvgIpc) is 2.15. The molecule has 0 unspecified atom stereocenters. The molecule has 0 atom stereocenters. The van der Waals surface area contributed by atoms with Crippen molar-refractivity contribution in [2.45, 2.75) is 11.8 Å². The highest BCUT2D eigenvalue weighted by Crippen LogP contribution is 2.15. The molecule has 1 amide bonds. The lowest BCUT2D eigenvalue weighted by molar-refractivity contribution is -0.458. The second-order valence-electron chi connectivity index (χ2n) is 3.28. The molecule has 0 fully saturated rings. The van der Waals surface area contributed by atoms with Crippen LogP contribution in [0.5, 0.6) is 0 Å². The number of sulfone groups is 1. The lowest BCUT2D eigenvalue weighted by Crippen LogP contribution is -2.14. The fraction of sp³-hybridized carbons (Fsp3) is 0.222. The van der Waals surface area contributed by atoms with E-state index in [0.29, 0.717) is 5.69 Å². The molecule has 8 heteroatoms. The van der Waals surface area contributed by atoms with Crippen LogP contribution in [0.2, 0.25) is 0 Å². The van der Waals surface area contributed by atoms with Crippen LogP contribution in [-0.2, 0) is 14.6 Å². The Labute approximate surface area is 97.5 Å². The largest absolute Gasteiger partial charge is 0.326 e. The van der Waals surface area contributed by atoms with Gasteiger partial charge in [0.15, 0.2) is 0 Å².